The fraction of sp³-hybridized carbons (Fsp3) is 1.00. The van der Waals surface area contributed by atoms with E-state index < -0.39 is 0 Å². The zero-order valence-corrected chi connectivity index (χ0v) is 13.6. The van der Waals surface area contributed by atoms with Gasteiger partial charge in [0.1, 0.15) is 0 Å². The average molecular weight is 268 g/mol. The summed E-state index contributed by atoms with van der Waals surface area (Å²) >= 11 is 0. The molecule has 0 saturated carbocycles. The molecule has 0 radical (unpaired) electrons. The third kappa shape index (κ3) is 3.71. The van der Waals surface area contributed by atoms with Crippen molar-refractivity contribution in [2.45, 2.75) is 77.7 Å². The van der Waals surface area contributed by atoms with E-state index in [9.17, 15) is 0 Å². The van der Waals surface area contributed by atoms with Crippen LogP contribution in [-0.4, -0.2) is 47.8 Å². The van der Waals surface area contributed by atoms with Crippen molar-refractivity contribution in [2.24, 2.45) is 5.92 Å². The van der Waals surface area contributed by atoms with Crippen molar-refractivity contribution >= 4 is 0 Å². The lowest BCUT2D eigenvalue weighted by Gasteiger charge is -2.29. The first kappa shape index (κ1) is 15.3. The van der Waals surface area contributed by atoms with Gasteiger partial charge < -0.3 is 15.0 Å². The number of nitrogens with one attached hydrogen (secondary N) is 1. The smallest absolute Gasteiger partial charge is 0.0787 e. The van der Waals surface area contributed by atoms with Crippen molar-refractivity contribution in [3.8, 4) is 0 Å². The van der Waals surface area contributed by atoms with Crippen LogP contribution in [0, 0.1) is 5.92 Å². The minimum absolute atomic E-state index is 0.0147. The van der Waals surface area contributed by atoms with Gasteiger partial charge in [0.05, 0.1) is 11.2 Å². The topological polar surface area (TPSA) is 24.5 Å². The minimum Gasteiger partial charge on any atom is -0.368 e. The van der Waals surface area contributed by atoms with E-state index in [1.807, 2.05) is 0 Å². The Balaban J connectivity index is 1.80. The van der Waals surface area contributed by atoms with E-state index in [2.05, 4.69) is 51.8 Å². The van der Waals surface area contributed by atoms with Gasteiger partial charge in [0.2, 0.25) is 0 Å². The molecule has 2 rings (SSSR count). The summed E-state index contributed by atoms with van der Waals surface area (Å²) in [7, 11) is 0. The van der Waals surface area contributed by atoms with Crippen LogP contribution in [0.5, 0.6) is 0 Å². The second-order valence-electron chi connectivity index (χ2n) is 7.87. The summed E-state index contributed by atoms with van der Waals surface area (Å²) in [6.07, 6.45) is 2.45. The van der Waals surface area contributed by atoms with E-state index in [4.69, 9.17) is 4.74 Å². The largest absolute Gasteiger partial charge is 0.368 e. The average Bonchev–Trinajstić information content (AvgIpc) is 2.77. The number of nitrogens with zero attached hydrogens (tertiary/aromatic N) is 1. The summed E-state index contributed by atoms with van der Waals surface area (Å²) in [4.78, 5) is 2.59. The lowest BCUT2D eigenvalue weighted by Crippen LogP contribution is -2.45. The maximum absolute atomic E-state index is 6.15. The normalized spacial score (nSPS) is 34.3. The highest BCUT2D eigenvalue weighted by molar-refractivity contribution is 4.99. The third-order valence-electron chi connectivity index (χ3n) is 4.77. The number of ether oxygens (including phenoxy) is 1. The molecule has 3 nitrogen and oxygen atoms in total. The van der Waals surface area contributed by atoms with Gasteiger partial charge in [-0.3, -0.25) is 0 Å². The molecule has 1 N–H and O–H groups in total. The maximum Gasteiger partial charge on any atom is 0.0787 e. The van der Waals surface area contributed by atoms with Crippen LogP contribution in [0.25, 0.3) is 0 Å². The van der Waals surface area contributed by atoms with Crippen LogP contribution >= 0.6 is 0 Å². The molecule has 19 heavy (non-hydrogen) atoms. The molecule has 3 heteroatoms. The standard InChI is InChI=1S/C16H32N2O/c1-12(2)18-8-7-13(11-18)10-17-14-9-15(3,4)19-16(14,5)6/h12-14,17H,7-11H2,1-6H3. The zero-order valence-electron chi connectivity index (χ0n) is 13.6. The van der Waals surface area contributed by atoms with Gasteiger partial charge in [-0.25, -0.2) is 0 Å². The second kappa shape index (κ2) is 5.34. The van der Waals surface area contributed by atoms with E-state index in [-0.39, 0.29) is 11.2 Å². The van der Waals surface area contributed by atoms with E-state index in [1.165, 1.54) is 19.5 Å². The van der Waals surface area contributed by atoms with E-state index in [0.717, 1.165) is 18.9 Å². The molecule has 0 spiro atoms. The first-order chi connectivity index (χ1) is 8.70. The highest BCUT2D eigenvalue weighted by Gasteiger charge is 2.45. The molecular formula is C16H32N2O. The second-order valence-corrected chi connectivity index (χ2v) is 7.87. The Labute approximate surface area is 119 Å². The Kier molecular flexibility index (Phi) is 4.29. The Morgan fingerprint density at radius 3 is 2.42 bits per heavy atom. The molecule has 2 unspecified atom stereocenters. The van der Waals surface area contributed by atoms with Crippen LogP contribution in [0.15, 0.2) is 0 Å². The van der Waals surface area contributed by atoms with E-state index in [0.29, 0.717) is 12.1 Å². The van der Waals surface area contributed by atoms with Gasteiger partial charge in [-0.2, -0.15) is 0 Å². The van der Waals surface area contributed by atoms with Gasteiger partial charge in [0.25, 0.3) is 0 Å². The van der Waals surface area contributed by atoms with Crippen molar-refractivity contribution < 1.29 is 4.74 Å². The summed E-state index contributed by atoms with van der Waals surface area (Å²) in [5.74, 6) is 0.807. The monoisotopic (exact) mass is 268 g/mol. The first-order valence-corrected chi connectivity index (χ1v) is 7.87. The van der Waals surface area contributed by atoms with Crippen LogP contribution in [0.4, 0.5) is 0 Å². The molecule has 2 fully saturated rings. The molecule has 2 aliphatic rings. The minimum atomic E-state index is -0.0418. The first-order valence-electron chi connectivity index (χ1n) is 7.87. The molecule has 2 saturated heterocycles. The van der Waals surface area contributed by atoms with Crippen molar-refractivity contribution in [1.29, 1.82) is 0 Å². The molecule has 0 aromatic heterocycles. The molecule has 0 aromatic rings. The van der Waals surface area contributed by atoms with Crippen molar-refractivity contribution in [2.75, 3.05) is 19.6 Å². The highest BCUT2D eigenvalue weighted by Crippen LogP contribution is 2.37. The van der Waals surface area contributed by atoms with Gasteiger partial charge in [0, 0.05) is 18.6 Å². The Morgan fingerprint density at radius 1 is 1.26 bits per heavy atom. The Bertz CT molecular complexity index is 312. The van der Waals surface area contributed by atoms with Crippen molar-refractivity contribution in [3.05, 3.63) is 0 Å². The molecule has 2 atom stereocenters. The van der Waals surface area contributed by atoms with Crippen LogP contribution < -0.4 is 5.32 Å². The highest BCUT2D eigenvalue weighted by atomic mass is 16.5. The lowest BCUT2D eigenvalue weighted by atomic mass is 9.94. The van der Waals surface area contributed by atoms with E-state index in [1.54, 1.807) is 0 Å². The third-order valence-corrected chi connectivity index (χ3v) is 4.77. The summed E-state index contributed by atoms with van der Waals surface area (Å²) in [5.41, 5.74) is -0.0271. The molecule has 0 amide bonds. The van der Waals surface area contributed by atoms with Gasteiger partial charge >= 0.3 is 0 Å². The quantitative estimate of drug-likeness (QED) is 0.848. The maximum atomic E-state index is 6.15. The van der Waals surface area contributed by atoms with Crippen LogP contribution in [0.3, 0.4) is 0 Å². The Morgan fingerprint density at radius 2 is 1.95 bits per heavy atom. The van der Waals surface area contributed by atoms with Crippen molar-refractivity contribution in [1.82, 2.24) is 10.2 Å². The summed E-state index contributed by atoms with van der Waals surface area (Å²) in [6.45, 7) is 17.1. The van der Waals surface area contributed by atoms with Crippen LogP contribution in [0.2, 0.25) is 0 Å². The summed E-state index contributed by atoms with van der Waals surface area (Å²) < 4.78 is 6.15. The van der Waals surface area contributed by atoms with Crippen LogP contribution in [-0.2, 0) is 4.74 Å². The van der Waals surface area contributed by atoms with Gasteiger partial charge in [0.15, 0.2) is 0 Å². The number of likely N-dealkylation sites (tertiary alicyclic amines) is 1. The molecule has 0 aromatic carbocycles. The zero-order chi connectivity index (χ0) is 14.3. The molecule has 0 bridgehead atoms. The molecule has 2 heterocycles. The van der Waals surface area contributed by atoms with Gasteiger partial charge in [-0.05, 0) is 73.4 Å². The fourth-order valence-corrected chi connectivity index (χ4v) is 3.69. The Hall–Kier alpha value is -0.120. The molecule has 2 aliphatic heterocycles. The molecule has 112 valence electrons. The number of hydrogen-bond donors (Lipinski definition) is 1. The number of rotatable bonds is 4. The van der Waals surface area contributed by atoms with Crippen LogP contribution in [0.1, 0.15) is 54.4 Å². The van der Waals surface area contributed by atoms with Gasteiger partial charge in [-0.15, -0.1) is 0 Å². The SMILES string of the molecule is CC(C)N1CCC(CNC2CC(C)(C)OC2(C)C)C1. The van der Waals surface area contributed by atoms with E-state index >= 15 is 0 Å². The lowest BCUT2D eigenvalue weighted by molar-refractivity contribution is -0.0699. The summed E-state index contributed by atoms with van der Waals surface area (Å²) in [6, 6.07) is 1.17. The van der Waals surface area contributed by atoms with Gasteiger partial charge in [-0.1, -0.05) is 0 Å². The fourth-order valence-electron chi connectivity index (χ4n) is 3.69. The molecule has 0 aliphatic carbocycles. The molecular weight excluding hydrogens is 236 g/mol. The number of hydrogen-bond acceptors (Lipinski definition) is 3. The predicted octanol–water partition coefficient (Wildman–Crippen LogP) is 2.65. The predicted molar refractivity (Wildman–Crippen MR) is 80.5 cm³/mol. The summed E-state index contributed by atoms with van der Waals surface area (Å²) in [5, 5.41) is 3.78. The van der Waals surface area contributed by atoms with Crippen molar-refractivity contribution in [3.63, 3.8) is 0 Å².